The maximum absolute atomic E-state index is 2.42. The zero-order valence-corrected chi connectivity index (χ0v) is 11.0. The van der Waals surface area contributed by atoms with Crippen molar-refractivity contribution in [3.63, 3.8) is 0 Å². The largest absolute Gasteiger partial charge is 0.0683 e. The van der Waals surface area contributed by atoms with E-state index in [9.17, 15) is 0 Å². The highest BCUT2D eigenvalue weighted by Crippen LogP contribution is 2.35. The third-order valence-electron chi connectivity index (χ3n) is 3.78. The van der Waals surface area contributed by atoms with E-state index in [0.717, 1.165) is 17.8 Å². The van der Waals surface area contributed by atoms with Crippen molar-refractivity contribution >= 4 is 0 Å². The molecule has 0 N–H and O–H groups in total. The van der Waals surface area contributed by atoms with Crippen LogP contribution in [0.3, 0.4) is 0 Å². The van der Waals surface area contributed by atoms with Crippen LogP contribution >= 0.6 is 0 Å². The molecule has 0 bridgehead atoms. The van der Waals surface area contributed by atoms with E-state index in [-0.39, 0.29) is 0 Å². The Hall–Kier alpha value is 0. The Bertz CT molecular complexity index is 103. The van der Waals surface area contributed by atoms with Crippen molar-refractivity contribution in [3.05, 3.63) is 0 Å². The predicted octanol–water partition coefficient (Wildman–Crippen LogP) is 5.28. The first-order chi connectivity index (χ1) is 6.77. The zero-order chi connectivity index (χ0) is 11.0. The third kappa shape index (κ3) is 4.48. The lowest BCUT2D eigenvalue weighted by molar-refractivity contribution is 0.295. The van der Waals surface area contributed by atoms with Gasteiger partial charge in [0.2, 0.25) is 0 Å². The van der Waals surface area contributed by atoms with Crippen LogP contribution in [0.5, 0.6) is 0 Å². The molecule has 2 unspecified atom stereocenters. The van der Waals surface area contributed by atoms with E-state index < -0.39 is 0 Å². The fraction of sp³-hybridized carbons (Fsp3) is 1.00. The van der Waals surface area contributed by atoms with E-state index in [0.29, 0.717) is 0 Å². The molecule has 0 spiro atoms. The van der Waals surface area contributed by atoms with Crippen LogP contribution < -0.4 is 0 Å². The normalized spacial score (nSPS) is 32.8. The lowest BCUT2D eigenvalue weighted by Crippen LogP contribution is -2.11. The lowest BCUT2D eigenvalue weighted by Gasteiger charge is -2.21. The molecule has 0 aromatic carbocycles. The van der Waals surface area contributed by atoms with Crippen LogP contribution in [0, 0.1) is 17.8 Å². The van der Waals surface area contributed by atoms with Gasteiger partial charge in [-0.3, -0.25) is 0 Å². The van der Waals surface area contributed by atoms with Gasteiger partial charge < -0.3 is 0 Å². The first-order valence-corrected chi connectivity index (χ1v) is 6.77. The van der Waals surface area contributed by atoms with Crippen molar-refractivity contribution in [2.45, 2.75) is 73.1 Å². The van der Waals surface area contributed by atoms with Crippen LogP contribution in [0.25, 0.3) is 0 Å². The molecule has 0 nitrogen and oxygen atoms in total. The second-order valence-electron chi connectivity index (χ2n) is 4.60. The van der Waals surface area contributed by atoms with Crippen LogP contribution in [-0.2, 0) is 0 Å². The highest BCUT2D eigenvalue weighted by Gasteiger charge is 2.22. The molecule has 0 amide bonds. The molecule has 2 atom stereocenters. The van der Waals surface area contributed by atoms with Gasteiger partial charge in [-0.2, -0.15) is 0 Å². The number of rotatable bonds is 2. The topological polar surface area (TPSA) is 0 Å². The summed E-state index contributed by atoms with van der Waals surface area (Å²) in [4.78, 5) is 0. The van der Waals surface area contributed by atoms with Crippen LogP contribution in [0.2, 0.25) is 0 Å². The fourth-order valence-corrected chi connectivity index (χ4v) is 2.69. The van der Waals surface area contributed by atoms with Crippen LogP contribution in [0.15, 0.2) is 0 Å². The Labute approximate surface area is 91.5 Å². The standard InChI is InChI=1S/C12H24.C2H6/c1-4-11-8-6-10(3)7-9-12(11)5-2;1-2/h10-12H,4-9H2,1-3H3;1-2H3. The summed E-state index contributed by atoms with van der Waals surface area (Å²) in [5.41, 5.74) is 0. The van der Waals surface area contributed by atoms with Gasteiger partial charge >= 0.3 is 0 Å². The molecule has 1 rings (SSSR count). The average molecular weight is 198 g/mol. The van der Waals surface area contributed by atoms with E-state index in [2.05, 4.69) is 20.8 Å². The summed E-state index contributed by atoms with van der Waals surface area (Å²) >= 11 is 0. The van der Waals surface area contributed by atoms with Gasteiger partial charge in [0.15, 0.2) is 0 Å². The van der Waals surface area contributed by atoms with Crippen LogP contribution in [0.4, 0.5) is 0 Å². The van der Waals surface area contributed by atoms with E-state index in [1.807, 2.05) is 13.8 Å². The molecule has 0 radical (unpaired) electrons. The van der Waals surface area contributed by atoms with Crippen LogP contribution in [0.1, 0.15) is 73.1 Å². The summed E-state index contributed by atoms with van der Waals surface area (Å²) in [6.45, 7) is 11.2. The molecule has 0 saturated heterocycles. The molecule has 14 heavy (non-hydrogen) atoms. The summed E-state index contributed by atoms with van der Waals surface area (Å²) in [5, 5.41) is 0. The van der Waals surface area contributed by atoms with Gasteiger partial charge in [-0.05, 0) is 30.6 Å². The Morgan fingerprint density at radius 2 is 1.14 bits per heavy atom. The minimum absolute atomic E-state index is 0.996. The van der Waals surface area contributed by atoms with E-state index >= 15 is 0 Å². The summed E-state index contributed by atoms with van der Waals surface area (Å²) in [7, 11) is 0. The zero-order valence-electron chi connectivity index (χ0n) is 11.0. The summed E-state index contributed by atoms with van der Waals surface area (Å²) in [5.74, 6) is 3.08. The molecule has 1 fully saturated rings. The molecule has 86 valence electrons. The van der Waals surface area contributed by atoms with Crippen molar-refractivity contribution in [3.8, 4) is 0 Å². The third-order valence-corrected chi connectivity index (χ3v) is 3.78. The highest BCUT2D eigenvalue weighted by molar-refractivity contribution is 4.74. The predicted molar refractivity (Wildman–Crippen MR) is 66.5 cm³/mol. The molecule has 0 aromatic rings. The molecule has 0 aliphatic heterocycles. The van der Waals surface area contributed by atoms with Crippen LogP contribution in [-0.4, -0.2) is 0 Å². The van der Waals surface area contributed by atoms with Gasteiger partial charge in [0.1, 0.15) is 0 Å². The molecule has 0 heteroatoms. The number of hydrogen-bond acceptors (Lipinski definition) is 0. The molecule has 1 saturated carbocycles. The maximum atomic E-state index is 2.42. The smallest absolute Gasteiger partial charge is 0.0388 e. The first-order valence-electron chi connectivity index (χ1n) is 6.77. The Morgan fingerprint density at radius 1 is 0.786 bits per heavy atom. The molecular formula is C14H30. The van der Waals surface area contributed by atoms with Crippen molar-refractivity contribution in [1.29, 1.82) is 0 Å². The fourth-order valence-electron chi connectivity index (χ4n) is 2.69. The lowest BCUT2D eigenvalue weighted by atomic mass is 9.84. The molecule has 0 aromatic heterocycles. The van der Waals surface area contributed by atoms with Gasteiger partial charge in [0, 0.05) is 0 Å². The van der Waals surface area contributed by atoms with E-state index in [4.69, 9.17) is 0 Å². The number of hydrogen-bond donors (Lipinski definition) is 0. The molecule has 1 aliphatic carbocycles. The Kier molecular flexibility index (Phi) is 8.32. The Balaban J connectivity index is 0.000000791. The molecule has 0 heterocycles. The first kappa shape index (κ1) is 14.0. The van der Waals surface area contributed by atoms with E-state index in [1.54, 1.807) is 0 Å². The second-order valence-corrected chi connectivity index (χ2v) is 4.60. The molecular weight excluding hydrogens is 168 g/mol. The summed E-state index contributed by atoms with van der Waals surface area (Å²) in [6.07, 6.45) is 8.77. The maximum Gasteiger partial charge on any atom is -0.0388 e. The SMILES string of the molecule is CC.CCC1CCC(C)CCC1CC. The Morgan fingerprint density at radius 3 is 1.43 bits per heavy atom. The van der Waals surface area contributed by atoms with Crippen molar-refractivity contribution in [2.75, 3.05) is 0 Å². The van der Waals surface area contributed by atoms with Gasteiger partial charge in [-0.25, -0.2) is 0 Å². The monoisotopic (exact) mass is 198 g/mol. The quantitative estimate of drug-likeness (QED) is 0.530. The van der Waals surface area contributed by atoms with Crippen molar-refractivity contribution in [2.24, 2.45) is 17.8 Å². The van der Waals surface area contributed by atoms with Gasteiger partial charge in [-0.1, -0.05) is 60.3 Å². The minimum atomic E-state index is 0.996. The molecule has 1 aliphatic rings. The van der Waals surface area contributed by atoms with Crippen molar-refractivity contribution < 1.29 is 0 Å². The second kappa shape index (κ2) is 8.32. The van der Waals surface area contributed by atoms with Crippen molar-refractivity contribution in [1.82, 2.24) is 0 Å². The minimum Gasteiger partial charge on any atom is -0.0683 e. The average Bonchev–Trinajstić information content (AvgIpc) is 2.42. The van der Waals surface area contributed by atoms with Gasteiger partial charge in [0.05, 0.1) is 0 Å². The summed E-state index contributed by atoms with van der Waals surface area (Å²) in [6, 6.07) is 0. The summed E-state index contributed by atoms with van der Waals surface area (Å²) < 4.78 is 0. The van der Waals surface area contributed by atoms with Gasteiger partial charge in [-0.15, -0.1) is 0 Å². The highest BCUT2D eigenvalue weighted by atomic mass is 14.3. The van der Waals surface area contributed by atoms with E-state index in [1.165, 1.54) is 38.5 Å². The van der Waals surface area contributed by atoms with Gasteiger partial charge in [0.25, 0.3) is 0 Å².